The molecule has 0 bridgehead atoms. The summed E-state index contributed by atoms with van der Waals surface area (Å²) in [6.45, 7) is 0. The van der Waals surface area contributed by atoms with E-state index in [1.807, 2.05) is 0 Å². The van der Waals surface area contributed by atoms with Gasteiger partial charge < -0.3 is 4.52 Å². The number of hydrogen-bond donors (Lipinski definition) is 0. The second kappa shape index (κ2) is 4.72. The van der Waals surface area contributed by atoms with Crippen LogP contribution in [0.2, 0.25) is 0 Å². The Morgan fingerprint density at radius 1 is 1.22 bits per heavy atom. The van der Waals surface area contributed by atoms with Crippen molar-refractivity contribution in [1.29, 1.82) is 0 Å². The summed E-state index contributed by atoms with van der Waals surface area (Å²) < 4.78 is 56.0. The molecule has 0 fully saturated rings. The van der Waals surface area contributed by atoms with E-state index >= 15 is 0 Å². The SMILES string of the molecule is Fc1ccc(-c2cc(CBr)on2)c(C(F)(F)F)c1. The van der Waals surface area contributed by atoms with Gasteiger partial charge in [0.1, 0.15) is 17.3 Å². The van der Waals surface area contributed by atoms with Gasteiger partial charge in [-0.15, -0.1) is 0 Å². The van der Waals surface area contributed by atoms with Crippen molar-refractivity contribution in [2.45, 2.75) is 11.5 Å². The normalized spacial score (nSPS) is 11.8. The first-order valence-electron chi connectivity index (χ1n) is 4.80. The van der Waals surface area contributed by atoms with Crippen molar-refractivity contribution in [2.24, 2.45) is 0 Å². The highest BCUT2D eigenvalue weighted by atomic mass is 79.9. The fourth-order valence-corrected chi connectivity index (χ4v) is 1.74. The zero-order chi connectivity index (χ0) is 13.3. The highest BCUT2D eigenvalue weighted by molar-refractivity contribution is 9.08. The van der Waals surface area contributed by atoms with Gasteiger partial charge in [0.2, 0.25) is 0 Å². The largest absolute Gasteiger partial charge is 0.417 e. The molecule has 1 heterocycles. The molecule has 2 aromatic rings. The molecule has 1 aromatic heterocycles. The van der Waals surface area contributed by atoms with Crippen LogP contribution >= 0.6 is 15.9 Å². The summed E-state index contributed by atoms with van der Waals surface area (Å²) in [6, 6.07) is 3.80. The third kappa shape index (κ3) is 2.55. The van der Waals surface area contributed by atoms with Crippen LogP contribution < -0.4 is 0 Å². The molecular formula is C11H6BrF4NO. The molecule has 1 aromatic carbocycles. The maximum absolute atomic E-state index is 12.9. The quantitative estimate of drug-likeness (QED) is 0.605. The molecule has 0 N–H and O–H groups in total. The molecule has 0 aliphatic rings. The number of halogens is 5. The molecule has 0 unspecified atom stereocenters. The van der Waals surface area contributed by atoms with Gasteiger partial charge in [0, 0.05) is 11.6 Å². The molecule has 18 heavy (non-hydrogen) atoms. The third-order valence-corrected chi connectivity index (χ3v) is 2.81. The van der Waals surface area contributed by atoms with Crippen molar-refractivity contribution >= 4 is 15.9 Å². The van der Waals surface area contributed by atoms with Gasteiger partial charge in [0.15, 0.2) is 0 Å². The zero-order valence-corrected chi connectivity index (χ0v) is 10.3. The van der Waals surface area contributed by atoms with Crippen molar-refractivity contribution in [3.63, 3.8) is 0 Å². The predicted molar refractivity (Wildman–Crippen MR) is 59.5 cm³/mol. The molecule has 2 rings (SSSR count). The number of nitrogens with zero attached hydrogens (tertiary/aromatic N) is 1. The van der Waals surface area contributed by atoms with Crippen LogP contribution in [0.3, 0.4) is 0 Å². The van der Waals surface area contributed by atoms with Gasteiger partial charge in [-0.25, -0.2) is 4.39 Å². The topological polar surface area (TPSA) is 26.0 Å². The van der Waals surface area contributed by atoms with Gasteiger partial charge in [-0.1, -0.05) is 21.1 Å². The molecule has 0 amide bonds. The smallest absolute Gasteiger partial charge is 0.360 e. The van der Waals surface area contributed by atoms with Gasteiger partial charge in [0.25, 0.3) is 0 Å². The molecule has 2 nitrogen and oxygen atoms in total. The van der Waals surface area contributed by atoms with Crippen molar-refractivity contribution < 1.29 is 22.1 Å². The molecule has 7 heteroatoms. The lowest BCUT2D eigenvalue weighted by molar-refractivity contribution is -0.137. The molecule has 0 atom stereocenters. The molecule has 0 saturated heterocycles. The van der Waals surface area contributed by atoms with Crippen molar-refractivity contribution in [3.8, 4) is 11.3 Å². The van der Waals surface area contributed by atoms with Gasteiger partial charge in [-0.05, 0) is 18.2 Å². The lowest BCUT2D eigenvalue weighted by Crippen LogP contribution is -2.07. The maximum Gasteiger partial charge on any atom is 0.417 e. The molecule has 0 aliphatic carbocycles. The lowest BCUT2D eigenvalue weighted by atomic mass is 10.0. The van der Waals surface area contributed by atoms with Crippen molar-refractivity contribution in [2.75, 3.05) is 0 Å². The molecular weight excluding hydrogens is 318 g/mol. The minimum absolute atomic E-state index is 0.0248. The standard InChI is InChI=1S/C11H6BrF4NO/c12-5-7-4-10(17-18-7)8-2-1-6(13)3-9(8)11(14,15)16/h1-4H,5H2. The van der Waals surface area contributed by atoms with E-state index in [0.717, 1.165) is 12.1 Å². The fraction of sp³-hybridized carbons (Fsp3) is 0.182. The fourth-order valence-electron chi connectivity index (χ4n) is 1.48. The van der Waals surface area contributed by atoms with Crippen LogP contribution in [-0.4, -0.2) is 5.16 Å². The van der Waals surface area contributed by atoms with E-state index in [-0.39, 0.29) is 11.3 Å². The van der Waals surface area contributed by atoms with Crippen molar-refractivity contribution in [1.82, 2.24) is 5.16 Å². The summed E-state index contributed by atoms with van der Waals surface area (Å²) in [7, 11) is 0. The minimum Gasteiger partial charge on any atom is -0.360 e. The first kappa shape index (κ1) is 13.1. The molecule has 0 radical (unpaired) electrons. The maximum atomic E-state index is 12.9. The van der Waals surface area contributed by atoms with Crippen LogP contribution in [0.5, 0.6) is 0 Å². The summed E-state index contributed by atoms with van der Waals surface area (Å²) in [6.07, 6.45) is -4.65. The Bertz CT molecular complexity index is 564. The summed E-state index contributed by atoms with van der Waals surface area (Å²) in [5.74, 6) is -0.558. The Morgan fingerprint density at radius 3 is 2.50 bits per heavy atom. The van der Waals surface area contributed by atoms with Crippen molar-refractivity contribution in [3.05, 3.63) is 41.4 Å². The number of hydrogen-bond acceptors (Lipinski definition) is 2. The Balaban J connectivity index is 2.56. The number of rotatable bonds is 2. The summed E-state index contributed by atoms with van der Waals surface area (Å²) in [4.78, 5) is 0. The number of benzene rings is 1. The van der Waals surface area contributed by atoms with Gasteiger partial charge in [0.05, 0.1) is 10.9 Å². The summed E-state index contributed by atoms with van der Waals surface area (Å²) >= 11 is 3.10. The van der Waals surface area contributed by atoms with Crippen LogP contribution in [0.1, 0.15) is 11.3 Å². The van der Waals surface area contributed by atoms with E-state index in [9.17, 15) is 17.6 Å². The Morgan fingerprint density at radius 2 is 1.94 bits per heavy atom. The summed E-state index contributed by atoms with van der Waals surface area (Å²) in [5.41, 5.74) is -1.26. The van der Waals surface area contributed by atoms with Gasteiger partial charge in [-0.3, -0.25) is 0 Å². The highest BCUT2D eigenvalue weighted by Crippen LogP contribution is 2.37. The molecule has 0 aliphatic heterocycles. The molecule has 96 valence electrons. The van der Waals surface area contributed by atoms with Gasteiger partial charge in [-0.2, -0.15) is 13.2 Å². The average Bonchev–Trinajstić information content (AvgIpc) is 2.76. The summed E-state index contributed by atoms with van der Waals surface area (Å²) in [5, 5.41) is 3.87. The van der Waals surface area contributed by atoms with Gasteiger partial charge >= 0.3 is 6.18 Å². The van der Waals surface area contributed by atoms with E-state index in [4.69, 9.17) is 4.52 Å². The molecule has 0 saturated carbocycles. The van der Waals surface area contributed by atoms with E-state index < -0.39 is 17.6 Å². The predicted octanol–water partition coefficient (Wildman–Crippen LogP) is 4.39. The van der Waals surface area contributed by atoms with Crippen LogP contribution in [-0.2, 0) is 11.5 Å². The second-order valence-corrected chi connectivity index (χ2v) is 4.06. The van der Waals surface area contributed by atoms with Crippen LogP contribution in [0.25, 0.3) is 11.3 Å². The lowest BCUT2D eigenvalue weighted by Gasteiger charge is -2.10. The zero-order valence-electron chi connectivity index (χ0n) is 8.76. The van der Waals surface area contributed by atoms with Crippen LogP contribution in [0.15, 0.2) is 28.8 Å². The first-order valence-corrected chi connectivity index (χ1v) is 5.92. The second-order valence-electron chi connectivity index (χ2n) is 3.50. The van der Waals surface area contributed by atoms with E-state index in [2.05, 4.69) is 21.1 Å². The van der Waals surface area contributed by atoms with E-state index in [1.54, 1.807) is 0 Å². The average molecular weight is 324 g/mol. The van der Waals surface area contributed by atoms with Crippen LogP contribution in [0, 0.1) is 5.82 Å². The highest BCUT2D eigenvalue weighted by Gasteiger charge is 2.34. The minimum atomic E-state index is -4.65. The first-order chi connectivity index (χ1) is 8.41. The van der Waals surface area contributed by atoms with E-state index in [1.165, 1.54) is 6.07 Å². The molecule has 0 spiro atoms. The van der Waals surface area contributed by atoms with E-state index in [0.29, 0.717) is 17.2 Å². The third-order valence-electron chi connectivity index (χ3n) is 2.25. The monoisotopic (exact) mass is 323 g/mol. The number of alkyl halides is 4. The Hall–Kier alpha value is -1.37. The Kier molecular flexibility index (Phi) is 3.43. The Labute approximate surface area is 108 Å². The number of aromatic nitrogens is 1. The van der Waals surface area contributed by atoms with Crippen LogP contribution in [0.4, 0.5) is 17.6 Å².